The molecule has 0 amide bonds. The summed E-state index contributed by atoms with van der Waals surface area (Å²) in [4.78, 5) is 4.71. The van der Waals surface area contributed by atoms with Crippen molar-refractivity contribution in [1.82, 2.24) is 10.3 Å². The van der Waals surface area contributed by atoms with Crippen LogP contribution in [0.2, 0.25) is 0 Å². The van der Waals surface area contributed by atoms with E-state index in [9.17, 15) is 0 Å². The fraction of sp³-hybridized carbons (Fsp3) is 0.769. The van der Waals surface area contributed by atoms with Crippen molar-refractivity contribution in [2.45, 2.75) is 58.3 Å². The van der Waals surface area contributed by atoms with E-state index >= 15 is 0 Å². The van der Waals surface area contributed by atoms with Crippen LogP contribution >= 0.6 is 11.3 Å². The first-order valence-corrected chi connectivity index (χ1v) is 7.42. The van der Waals surface area contributed by atoms with E-state index in [2.05, 4.69) is 31.5 Å². The Morgan fingerprint density at radius 1 is 1.59 bits per heavy atom. The van der Waals surface area contributed by atoms with Crippen LogP contribution in [0.15, 0.2) is 5.38 Å². The predicted molar refractivity (Wildman–Crippen MR) is 71.3 cm³/mol. The van der Waals surface area contributed by atoms with Gasteiger partial charge in [0.2, 0.25) is 0 Å². The Kier molecular flexibility index (Phi) is 4.54. The number of ether oxygens (including phenoxy) is 1. The van der Waals surface area contributed by atoms with Gasteiger partial charge in [0, 0.05) is 11.4 Å². The third kappa shape index (κ3) is 3.27. The van der Waals surface area contributed by atoms with Gasteiger partial charge in [0.25, 0.3) is 0 Å². The summed E-state index contributed by atoms with van der Waals surface area (Å²) in [6.45, 7) is 7.54. The lowest BCUT2D eigenvalue weighted by Gasteiger charge is -2.10. The largest absolute Gasteiger partial charge is 0.368 e. The third-order valence-electron chi connectivity index (χ3n) is 3.19. The molecule has 17 heavy (non-hydrogen) atoms. The average molecular weight is 254 g/mol. The van der Waals surface area contributed by atoms with Gasteiger partial charge < -0.3 is 10.1 Å². The highest BCUT2D eigenvalue weighted by atomic mass is 32.1. The van der Waals surface area contributed by atoms with Crippen LogP contribution in [0.5, 0.6) is 0 Å². The molecule has 0 saturated carbocycles. The van der Waals surface area contributed by atoms with Gasteiger partial charge in [0.15, 0.2) is 0 Å². The standard InChI is InChI=1S/C13H22N2OS/c1-4-7-14-10(3)11-8-17-13(15-11)12-6-5-9(2)16-12/h8-10,12,14H,4-7H2,1-3H3. The zero-order valence-electron chi connectivity index (χ0n) is 10.9. The van der Waals surface area contributed by atoms with Crippen molar-refractivity contribution < 1.29 is 4.74 Å². The molecule has 1 aromatic rings. The molecule has 2 heterocycles. The molecule has 1 N–H and O–H groups in total. The Balaban J connectivity index is 1.95. The van der Waals surface area contributed by atoms with Crippen LogP contribution in [0.25, 0.3) is 0 Å². The van der Waals surface area contributed by atoms with Crippen molar-refractivity contribution in [3.05, 3.63) is 16.1 Å². The lowest BCUT2D eigenvalue weighted by atomic mass is 10.2. The molecule has 1 aromatic heterocycles. The van der Waals surface area contributed by atoms with Crippen molar-refractivity contribution >= 4 is 11.3 Å². The Morgan fingerprint density at radius 3 is 3.06 bits per heavy atom. The predicted octanol–water partition coefficient (Wildman–Crippen LogP) is 3.44. The van der Waals surface area contributed by atoms with E-state index < -0.39 is 0 Å². The summed E-state index contributed by atoms with van der Waals surface area (Å²) in [7, 11) is 0. The fourth-order valence-corrected chi connectivity index (χ4v) is 3.08. The summed E-state index contributed by atoms with van der Waals surface area (Å²) in [5, 5.41) is 6.77. The van der Waals surface area contributed by atoms with Gasteiger partial charge >= 0.3 is 0 Å². The van der Waals surface area contributed by atoms with Gasteiger partial charge in [0.1, 0.15) is 11.1 Å². The Hall–Kier alpha value is -0.450. The maximum absolute atomic E-state index is 5.85. The van der Waals surface area contributed by atoms with Crippen LogP contribution < -0.4 is 5.32 Å². The van der Waals surface area contributed by atoms with Crippen molar-refractivity contribution in [1.29, 1.82) is 0 Å². The molecule has 0 aliphatic carbocycles. The van der Waals surface area contributed by atoms with Crippen LogP contribution in [0.3, 0.4) is 0 Å². The van der Waals surface area contributed by atoms with E-state index in [1.54, 1.807) is 11.3 Å². The monoisotopic (exact) mass is 254 g/mol. The molecular formula is C13H22N2OS. The van der Waals surface area contributed by atoms with E-state index in [-0.39, 0.29) is 6.10 Å². The van der Waals surface area contributed by atoms with E-state index in [0.29, 0.717) is 12.1 Å². The summed E-state index contributed by atoms with van der Waals surface area (Å²) in [6.07, 6.45) is 4.06. The van der Waals surface area contributed by atoms with Crippen LogP contribution in [0, 0.1) is 0 Å². The summed E-state index contributed by atoms with van der Waals surface area (Å²) in [5.74, 6) is 0. The van der Waals surface area contributed by atoms with E-state index in [1.807, 2.05) is 0 Å². The second-order valence-corrected chi connectivity index (χ2v) is 5.69. The van der Waals surface area contributed by atoms with Crippen LogP contribution in [-0.4, -0.2) is 17.6 Å². The molecule has 0 radical (unpaired) electrons. The van der Waals surface area contributed by atoms with Crippen LogP contribution in [-0.2, 0) is 4.74 Å². The smallest absolute Gasteiger partial charge is 0.122 e. The number of nitrogens with one attached hydrogen (secondary N) is 1. The SMILES string of the molecule is CCCNC(C)c1csc(C2CCC(C)O2)n1. The van der Waals surface area contributed by atoms with E-state index in [0.717, 1.165) is 36.5 Å². The minimum Gasteiger partial charge on any atom is -0.368 e. The number of nitrogens with zero attached hydrogens (tertiary/aromatic N) is 1. The minimum atomic E-state index is 0.238. The first-order valence-electron chi connectivity index (χ1n) is 6.55. The average Bonchev–Trinajstić information content (AvgIpc) is 2.93. The Bertz CT molecular complexity index is 353. The van der Waals surface area contributed by atoms with Crippen LogP contribution in [0.4, 0.5) is 0 Å². The lowest BCUT2D eigenvalue weighted by Crippen LogP contribution is -2.19. The summed E-state index contributed by atoms with van der Waals surface area (Å²) >= 11 is 1.73. The molecule has 0 bridgehead atoms. The summed E-state index contributed by atoms with van der Waals surface area (Å²) in [5.41, 5.74) is 1.15. The highest BCUT2D eigenvalue weighted by molar-refractivity contribution is 7.09. The maximum atomic E-state index is 5.85. The second kappa shape index (κ2) is 5.94. The quantitative estimate of drug-likeness (QED) is 0.874. The Labute approximate surface area is 108 Å². The molecule has 96 valence electrons. The molecule has 0 spiro atoms. The number of thiazole rings is 1. The molecule has 3 nitrogen and oxygen atoms in total. The zero-order chi connectivity index (χ0) is 12.3. The van der Waals surface area contributed by atoms with Gasteiger partial charge in [-0.05, 0) is 39.7 Å². The van der Waals surface area contributed by atoms with Gasteiger partial charge in [-0.2, -0.15) is 0 Å². The normalized spacial score (nSPS) is 26.3. The van der Waals surface area contributed by atoms with Gasteiger partial charge in [-0.15, -0.1) is 11.3 Å². The number of rotatable bonds is 5. The molecule has 3 atom stereocenters. The molecule has 1 aliphatic rings. The molecular weight excluding hydrogens is 232 g/mol. The van der Waals surface area contributed by atoms with Crippen molar-refractivity contribution in [2.75, 3.05) is 6.54 Å². The van der Waals surface area contributed by atoms with E-state index in [1.165, 1.54) is 0 Å². The second-order valence-electron chi connectivity index (χ2n) is 4.80. The van der Waals surface area contributed by atoms with E-state index in [4.69, 9.17) is 9.72 Å². The first-order chi connectivity index (χ1) is 8.20. The molecule has 3 unspecified atom stereocenters. The number of hydrogen-bond donors (Lipinski definition) is 1. The van der Waals surface area contributed by atoms with Gasteiger partial charge in [0.05, 0.1) is 11.8 Å². The minimum absolute atomic E-state index is 0.238. The van der Waals surface area contributed by atoms with Gasteiger partial charge in [-0.25, -0.2) is 4.98 Å². The van der Waals surface area contributed by atoms with Crippen LogP contribution in [0.1, 0.15) is 62.9 Å². The molecule has 2 rings (SSSR count). The molecule has 1 fully saturated rings. The Morgan fingerprint density at radius 2 is 2.41 bits per heavy atom. The summed E-state index contributed by atoms with van der Waals surface area (Å²) < 4.78 is 5.85. The maximum Gasteiger partial charge on any atom is 0.122 e. The van der Waals surface area contributed by atoms with Gasteiger partial charge in [-0.1, -0.05) is 6.92 Å². The highest BCUT2D eigenvalue weighted by Crippen LogP contribution is 2.34. The lowest BCUT2D eigenvalue weighted by molar-refractivity contribution is 0.0553. The zero-order valence-corrected chi connectivity index (χ0v) is 11.7. The molecule has 1 aliphatic heterocycles. The summed E-state index contributed by atoms with van der Waals surface area (Å²) in [6, 6.07) is 0.346. The fourth-order valence-electron chi connectivity index (χ4n) is 2.10. The van der Waals surface area contributed by atoms with Crippen molar-refractivity contribution in [3.63, 3.8) is 0 Å². The van der Waals surface area contributed by atoms with Crippen molar-refractivity contribution in [3.8, 4) is 0 Å². The molecule has 0 aromatic carbocycles. The third-order valence-corrected chi connectivity index (χ3v) is 4.15. The topological polar surface area (TPSA) is 34.1 Å². The molecule has 1 saturated heterocycles. The number of aromatic nitrogens is 1. The molecule has 4 heteroatoms. The first kappa shape index (κ1) is 13.0. The van der Waals surface area contributed by atoms with Gasteiger partial charge in [-0.3, -0.25) is 0 Å². The highest BCUT2D eigenvalue weighted by Gasteiger charge is 2.26. The number of hydrogen-bond acceptors (Lipinski definition) is 4. The van der Waals surface area contributed by atoms with Crippen molar-refractivity contribution in [2.24, 2.45) is 0 Å².